The van der Waals surface area contributed by atoms with E-state index in [0.717, 1.165) is 38.8 Å². The number of hydrogen-bond donors (Lipinski definition) is 3. The molecule has 0 aromatic rings. The quantitative estimate of drug-likeness (QED) is 0.602. The van der Waals surface area contributed by atoms with Crippen LogP contribution in [-0.2, 0) is 4.79 Å². The summed E-state index contributed by atoms with van der Waals surface area (Å²) >= 11 is 0. The number of piperidine rings is 1. The van der Waals surface area contributed by atoms with Gasteiger partial charge < -0.3 is 16.0 Å². The van der Waals surface area contributed by atoms with Crippen molar-refractivity contribution in [2.24, 2.45) is 0 Å². The highest BCUT2D eigenvalue weighted by molar-refractivity contribution is 5.82. The van der Waals surface area contributed by atoms with Crippen LogP contribution in [0.3, 0.4) is 0 Å². The van der Waals surface area contributed by atoms with Gasteiger partial charge in [-0.1, -0.05) is 0 Å². The van der Waals surface area contributed by atoms with E-state index in [1.54, 1.807) is 0 Å². The SMILES string of the molecule is CC1NCCCC1NC(=O)C1CCCN1. The number of rotatable bonds is 2. The lowest BCUT2D eigenvalue weighted by molar-refractivity contribution is -0.123. The van der Waals surface area contributed by atoms with Crippen LogP contribution in [0.5, 0.6) is 0 Å². The van der Waals surface area contributed by atoms with Crippen molar-refractivity contribution in [3.8, 4) is 0 Å². The van der Waals surface area contributed by atoms with Crippen LogP contribution in [0, 0.1) is 0 Å². The number of hydrogen-bond acceptors (Lipinski definition) is 3. The lowest BCUT2D eigenvalue weighted by Gasteiger charge is -2.31. The third kappa shape index (κ3) is 2.69. The first-order chi connectivity index (χ1) is 7.27. The van der Waals surface area contributed by atoms with E-state index in [9.17, 15) is 4.79 Å². The predicted molar refractivity (Wildman–Crippen MR) is 59.7 cm³/mol. The molecule has 4 heteroatoms. The van der Waals surface area contributed by atoms with Gasteiger partial charge in [0.15, 0.2) is 0 Å². The Kier molecular flexibility index (Phi) is 3.59. The first-order valence-corrected chi connectivity index (χ1v) is 6.04. The third-order valence-corrected chi connectivity index (χ3v) is 3.47. The first-order valence-electron chi connectivity index (χ1n) is 6.04. The van der Waals surface area contributed by atoms with Crippen LogP contribution in [0.25, 0.3) is 0 Å². The summed E-state index contributed by atoms with van der Waals surface area (Å²) < 4.78 is 0. The van der Waals surface area contributed by atoms with Gasteiger partial charge in [-0.15, -0.1) is 0 Å². The second kappa shape index (κ2) is 4.94. The highest BCUT2D eigenvalue weighted by atomic mass is 16.2. The molecule has 0 spiro atoms. The Balaban J connectivity index is 1.81. The van der Waals surface area contributed by atoms with Crippen molar-refractivity contribution in [3.05, 3.63) is 0 Å². The molecule has 2 aliphatic rings. The van der Waals surface area contributed by atoms with Crippen molar-refractivity contribution < 1.29 is 4.79 Å². The van der Waals surface area contributed by atoms with Gasteiger partial charge in [0.05, 0.1) is 6.04 Å². The van der Waals surface area contributed by atoms with Gasteiger partial charge in [0.25, 0.3) is 0 Å². The molecule has 15 heavy (non-hydrogen) atoms. The molecule has 2 heterocycles. The largest absolute Gasteiger partial charge is 0.350 e. The molecule has 2 rings (SSSR count). The van der Waals surface area contributed by atoms with Crippen molar-refractivity contribution in [3.63, 3.8) is 0 Å². The molecule has 0 aliphatic carbocycles. The van der Waals surface area contributed by atoms with Crippen LogP contribution < -0.4 is 16.0 Å². The van der Waals surface area contributed by atoms with Gasteiger partial charge in [-0.2, -0.15) is 0 Å². The van der Waals surface area contributed by atoms with Crippen molar-refractivity contribution in [1.29, 1.82) is 0 Å². The topological polar surface area (TPSA) is 53.2 Å². The monoisotopic (exact) mass is 211 g/mol. The summed E-state index contributed by atoms with van der Waals surface area (Å²) in [6, 6.07) is 0.775. The summed E-state index contributed by atoms with van der Waals surface area (Å²) in [5, 5.41) is 9.77. The van der Waals surface area contributed by atoms with Gasteiger partial charge in [0.2, 0.25) is 5.91 Å². The highest BCUT2D eigenvalue weighted by Gasteiger charge is 2.27. The van der Waals surface area contributed by atoms with Crippen LogP contribution >= 0.6 is 0 Å². The van der Waals surface area contributed by atoms with Crippen LogP contribution in [-0.4, -0.2) is 37.1 Å². The minimum absolute atomic E-state index is 0.0547. The maximum absolute atomic E-state index is 11.9. The van der Waals surface area contributed by atoms with E-state index in [1.165, 1.54) is 0 Å². The zero-order chi connectivity index (χ0) is 10.7. The van der Waals surface area contributed by atoms with Crippen molar-refractivity contribution in [2.45, 2.75) is 50.7 Å². The summed E-state index contributed by atoms with van der Waals surface area (Å²) in [4.78, 5) is 11.9. The van der Waals surface area contributed by atoms with Crippen LogP contribution in [0.2, 0.25) is 0 Å². The minimum Gasteiger partial charge on any atom is -0.350 e. The zero-order valence-corrected chi connectivity index (χ0v) is 9.38. The number of nitrogens with one attached hydrogen (secondary N) is 3. The Bertz CT molecular complexity index is 226. The fraction of sp³-hybridized carbons (Fsp3) is 0.909. The van der Waals surface area contributed by atoms with Crippen molar-refractivity contribution >= 4 is 5.91 Å². The van der Waals surface area contributed by atoms with Gasteiger partial charge in [-0.05, 0) is 45.7 Å². The Morgan fingerprint density at radius 2 is 1.93 bits per heavy atom. The predicted octanol–water partition coefficient (Wildman–Crippen LogP) is -0.00490. The molecule has 3 N–H and O–H groups in total. The number of carbonyl (C=O) groups excluding carboxylic acids is 1. The fourth-order valence-corrected chi connectivity index (χ4v) is 2.43. The maximum Gasteiger partial charge on any atom is 0.237 e. The molecule has 0 saturated carbocycles. The van der Waals surface area contributed by atoms with Gasteiger partial charge in [0, 0.05) is 12.1 Å². The molecular formula is C11H21N3O. The Morgan fingerprint density at radius 1 is 1.20 bits per heavy atom. The smallest absolute Gasteiger partial charge is 0.237 e. The summed E-state index contributed by atoms with van der Waals surface area (Å²) in [5.74, 6) is 0.188. The molecule has 0 aromatic heterocycles. The summed E-state index contributed by atoms with van der Waals surface area (Å²) in [6.07, 6.45) is 4.37. The van der Waals surface area contributed by atoms with E-state index in [2.05, 4.69) is 22.9 Å². The van der Waals surface area contributed by atoms with Gasteiger partial charge in [0.1, 0.15) is 0 Å². The minimum atomic E-state index is 0.0547. The molecule has 86 valence electrons. The summed E-state index contributed by atoms with van der Waals surface area (Å²) in [6.45, 7) is 4.21. The molecular weight excluding hydrogens is 190 g/mol. The molecule has 1 amide bonds. The van der Waals surface area contributed by atoms with E-state index in [1.807, 2.05) is 0 Å². The molecule has 2 saturated heterocycles. The lowest BCUT2D eigenvalue weighted by atomic mass is 9.99. The Labute approximate surface area is 91.2 Å². The summed E-state index contributed by atoms with van der Waals surface area (Å²) in [5.41, 5.74) is 0. The molecule has 4 nitrogen and oxygen atoms in total. The lowest BCUT2D eigenvalue weighted by Crippen LogP contribution is -2.55. The van der Waals surface area contributed by atoms with Gasteiger partial charge in [-0.3, -0.25) is 4.79 Å². The average molecular weight is 211 g/mol. The fourth-order valence-electron chi connectivity index (χ4n) is 2.43. The molecule has 0 bridgehead atoms. The maximum atomic E-state index is 11.9. The second-order valence-electron chi connectivity index (χ2n) is 4.65. The van der Waals surface area contributed by atoms with E-state index in [-0.39, 0.29) is 11.9 Å². The van der Waals surface area contributed by atoms with Gasteiger partial charge >= 0.3 is 0 Å². The van der Waals surface area contributed by atoms with Crippen LogP contribution in [0.4, 0.5) is 0 Å². The standard InChI is InChI=1S/C11H21N3O/c1-8-9(4-2-6-12-8)14-11(15)10-5-3-7-13-10/h8-10,12-13H,2-7H2,1H3,(H,14,15). The molecule has 2 aliphatic heterocycles. The normalized spacial score (nSPS) is 36.5. The molecule has 3 atom stereocenters. The molecule has 3 unspecified atom stereocenters. The number of amides is 1. The van der Waals surface area contributed by atoms with Gasteiger partial charge in [-0.25, -0.2) is 0 Å². The summed E-state index contributed by atoms with van der Waals surface area (Å²) in [7, 11) is 0. The average Bonchev–Trinajstić information content (AvgIpc) is 2.74. The van der Waals surface area contributed by atoms with Crippen molar-refractivity contribution in [2.75, 3.05) is 13.1 Å². The van der Waals surface area contributed by atoms with E-state index in [0.29, 0.717) is 12.1 Å². The van der Waals surface area contributed by atoms with E-state index >= 15 is 0 Å². The molecule has 2 fully saturated rings. The zero-order valence-electron chi connectivity index (χ0n) is 9.38. The number of carbonyl (C=O) groups is 1. The molecule has 0 radical (unpaired) electrons. The highest BCUT2D eigenvalue weighted by Crippen LogP contribution is 2.10. The Morgan fingerprint density at radius 3 is 2.60 bits per heavy atom. The second-order valence-corrected chi connectivity index (χ2v) is 4.65. The third-order valence-electron chi connectivity index (χ3n) is 3.47. The molecule has 0 aromatic carbocycles. The first kappa shape index (κ1) is 10.9. The van der Waals surface area contributed by atoms with Crippen molar-refractivity contribution in [1.82, 2.24) is 16.0 Å². The Hall–Kier alpha value is -0.610. The van der Waals surface area contributed by atoms with Crippen LogP contribution in [0.15, 0.2) is 0 Å². The van der Waals surface area contributed by atoms with E-state index < -0.39 is 0 Å². The van der Waals surface area contributed by atoms with E-state index in [4.69, 9.17) is 0 Å². The van der Waals surface area contributed by atoms with Crippen LogP contribution in [0.1, 0.15) is 32.6 Å².